The summed E-state index contributed by atoms with van der Waals surface area (Å²) in [6.45, 7) is 1.80. The number of hydrogen-bond acceptors (Lipinski definition) is 2. The van der Waals surface area contributed by atoms with Crippen molar-refractivity contribution in [1.29, 1.82) is 0 Å². The van der Waals surface area contributed by atoms with E-state index in [2.05, 4.69) is 10.1 Å². The van der Waals surface area contributed by atoms with Gasteiger partial charge < -0.3 is 0 Å². The molecule has 0 amide bonds. The van der Waals surface area contributed by atoms with Crippen LogP contribution in [0.4, 0.5) is 0 Å². The number of halogens is 2. The smallest absolute Gasteiger partial charge is 0.158 e. The summed E-state index contributed by atoms with van der Waals surface area (Å²) in [6.07, 6.45) is 1.63. The van der Waals surface area contributed by atoms with Crippen LogP contribution in [0.25, 0.3) is 5.65 Å². The third-order valence-electron chi connectivity index (χ3n) is 1.64. The lowest BCUT2D eigenvalue weighted by Crippen LogP contribution is -1.95. The first-order valence-electron chi connectivity index (χ1n) is 3.35. The second kappa shape index (κ2) is 2.61. The fraction of sp³-hybridized carbons (Fsp3) is 0.143. The number of fused-ring (bicyclic) bond motifs is 1. The predicted octanol–water partition coefficient (Wildman–Crippen LogP) is 2.34. The molecule has 0 aromatic carbocycles. The average molecular weight is 202 g/mol. The molecule has 0 bridgehead atoms. The maximum absolute atomic E-state index is 5.95. The van der Waals surface area contributed by atoms with Gasteiger partial charge in [-0.3, -0.25) is 0 Å². The lowest BCUT2D eigenvalue weighted by Gasteiger charge is -2.01. The van der Waals surface area contributed by atoms with Gasteiger partial charge >= 0.3 is 0 Å². The van der Waals surface area contributed by atoms with Crippen LogP contribution in [0.2, 0.25) is 10.3 Å². The quantitative estimate of drug-likeness (QED) is 0.613. The molecule has 0 aliphatic heterocycles. The number of hydrogen-bond donors (Lipinski definition) is 0. The van der Waals surface area contributed by atoms with Crippen molar-refractivity contribution in [1.82, 2.24) is 14.6 Å². The Hall–Kier alpha value is -0.800. The Balaban J connectivity index is 2.94. The molecule has 2 rings (SSSR count). The molecule has 2 aromatic heterocycles. The standard InChI is InChI=1S/C7H5Cl2N3/c1-4-6(8)11-5-2-3-10-12(5)7(4)9/h2-3H,1H3. The van der Waals surface area contributed by atoms with E-state index in [-0.39, 0.29) is 0 Å². The SMILES string of the molecule is Cc1c(Cl)nc2ccnn2c1Cl. The molecule has 0 fully saturated rings. The van der Waals surface area contributed by atoms with Crippen molar-refractivity contribution in [3.63, 3.8) is 0 Å². The fourth-order valence-corrected chi connectivity index (χ4v) is 1.40. The van der Waals surface area contributed by atoms with Gasteiger partial charge in [0.25, 0.3) is 0 Å². The number of aromatic nitrogens is 3. The fourth-order valence-electron chi connectivity index (χ4n) is 0.961. The Morgan fingerprint density at radius 1 is 1.42 bits per heavy atom. The van der Waals surface area contributed by atoms with E-state index in [0.717, 1.165) is 5.56 Å². The molecule has 0 aliphatic rings. The minimum Gasteiger partial charge on any atom is -0.216 e. The molecule has 3 nitrogen and oxygen atoms in total. The van der Waals surface area contributed by atoms with E-state index < -0.39 is 0 Å². The lowest BCUT2D eigenvalue weighted by atomic mass is 10.4. The highest BCUT2D eigenvalue weighted by atomic mass is 35.5. The molecule has 0 N–H and O–H groups in total. The van der Waals surface area contributed by atoms with E-state index >= 15 is 0 Å². The van der Waals surface area contributed by atoms with Gasteiger partial charge in [0.1, 0.15) is 10.3 Å². The van der Waals surface area contributed by atoms with Crippen molar-refractivity contribution in [3.8, 4) is 0 Å². The van der Waals surface area contributed by atoms with Crippen molar-refractivity contribution >= 4 is 28.8 Å². The largest absolute Gasteiger partial charge is 0.216 e. The molecule has 5 heteroatoms. The molecule has 0 aliphatic carbocycles. The van der Waals surface area contributed by atoms with Crippen molar-refractivity contribution in [2.45, 2.75) is 6.92 Å². The molecule has 0 saturated heterocycles. The van der Waals surface area contributed by atoms with Crippen molar-refractivity contribution < 1.29 is 0 Å². The molecule has 0 atom stereocenters. The molecule has 12 heavy (non-hydrogen) atoms. The molecule has 62 valence electrons. The number of nitrogens with zero attached hydrogens (tertiary/aromatic N) is 3. The highest BCUT2D eigenvalue weighted by Crippen LogP contribution is 2.22. The monoisotopic (exact) mass is 201 g/mol. The second-order valence-electron chi connectivity index (χ2n) is 2.42. The van der Waals surface area contributed by atoms with Crippen LogP contribution in [-0.4, -0.2) is 14.6 Å². The highest BCUT2D eigenvalue weighted by molar-refractivity contribution is 6.34. The third-order valence-corrected chi connectivity index (χ3v) is 2.45. The number of rotatable bonds is 0. The topological polar surface area (TPSA) is 30.2 Å². The first-order chi connectivity index (χ1) is 5.70. The van der Waals surface area contributed by atoms with Crippen LogP contribution in [0, 0.1) is 6.92 Å². The van der Waals surface area contributed by atoms with Crippen LogP contribution >= 0.6 is 23.2 Å². The van der Waals surface area contributed by atoms with Crippen LogP contribution in [-0.2, 0) is 0 Å². The first kappa shape index (κ1) is 7.83. The van der Waals surface area contributed by atoms with Gasteiger partial charge in [-0.15, -0.1) is 0 Å². The molecular formula is C7H5Cl2N3. The van der Waals surface area contributed by atoms with E-state index in [4.69, 9.17) is 23.2 Å². The Morgan fingerprint density at radius 2 is 2.17 bits per heavy atom. The Labute approximate surface area is 78.9 Å². The Morgan fingerprint density at radius 3 is 2.92 bits per heavy atom. The zero-order valence-electron chi connectivity index (χ0n) is 6.25. The third kappa shape index (κ3) is 0.974. The van der Waals surface area contributed by atoms with Gasteiger partial charge in [-0.25, -0.2) is 9.50 Å². The van der Waals surface area contributed by atoms with Crippen LogP contribution < -0.4 is 0 Å². The van der Waals surface area contributed by atoms with Gasteiger partial charge in [0, 0.05) is 11.6 Å². The normalized spacial score (nSPS) is 10.9. The summed E-state index contributed by atoms with van der Waals surface area (Å²) in [6, 6.07) is 1.75. The molecule has 0 saturated carbocycles. The van der Waals surface area contributed by atoms with Crippen LogP contribution in [0.5, 0.6) is 0 Å². The zero-order chi connectivity index (χ0) is 8.72. The van der Waals surface area contributed by atoms with Gasteiger partial charge in [0.2, 0.25) is 0 Å². The minimum atomic E-state index is 0.424. The molecule has 2 heterocycles. The van der Waals surface area contributed by atoms with E-state index in [1.165, 1.54) is 0 Å². The Bertz CT molecular complexity index is 435. The van der Waals surface area contributed by atoms with Crippen LogP contribution in [0.1, 0.15) is 5.56 Å². The van der Waals surface area contributed by atoms with Crippen LogP contribution in [0.3, 0.4) is 0 Å². The van der Waals surface area contributed by atoms with Crippen molar-refractivity contribution in [2.24, 2.45) is 0 Å². The summed E-state index contributed by atoms with van der Waals surface area (Å²) in [4.78, 5) is 4.08. The summed E-state index contributed by atoms with van der Waals surface area (Å²) >= 11 is 11.8. The van der Waals surface area contributed by atoms with Crippen molar-refractivity contribution in [3.05, 3.63) is 28.1 Å². The highest BCUT2D eigenvalue weighted by Gasteiger charge is 2.07. The Kier molecular flexibility index (Phi) is 1.70. The maximum atomic E-state index is 5.95. The second-order valence-corrected chi connectivity index (χ2v) is 3.14. The summed E-state index contributed by atoms with van der Waals surface area (Å²) < 4.78 is 1.54. The van der Waals surface area contributed by atoms with E-state index in [0.29, 0.717) is 16.0 Å². The summed E-state index contributed by atoms with van der Waals surface area (Å²) in [5.74, 6) is 0. The van der Waals surface area contributed by atoms with E-state index in [1.54, 1.807) is 23.7 Å². The van der Waals surface area contributed by atoms with Crippen LogP contribution in [0.15, 0.2) is 12.3 Å². The molecule has 0 spiro atoms. The predicted molar refractivity (Wildman–Crippen MR) is 47.7 cm³/mol. The first-order valence-corrected chi connectivity index (χ1v) is 4.11. The van der Waals surface area contributed by atoms with Gasteiger partial charge in [0.05, 0.1) is 6.20 Å². The lowest BCUT2D eigenvalue weighted by molar-refractivity contribution is 0.929. The van der Waals surface area contributed by atoms with E-state index in [9.17, 15) is 0 Å². The summed E-state index contributed by atoms with van der Waals surface area (Å²) in [7, 11) is 0. The van der Waals surface area contributed by atoms with Gasteiger partial charge in [0.15, 0.2) is 5.65 Å². The van der Waals surface area contributed by atoms with Gasteiger partial charge in [-0.05, 0) is 6.92 Å². The minimum absolute atomic E-state index is 0.424. The maximum Gasteiger partial charge on any atom is 0.158 e. The average Bonchev–Trinajstić information content (AvgIpc) is 2.48. The zero-order valence-corrected chi connectivity index (χ0v) is 7.76. The van der Waals surface area contributed by atoms with Crippen molar-refractivity contribution in [2.75, 3.05) is 0 Å². The van der Waals surface area contributed by atoms with Gasteiger partial charge in [-0.1, -0.05) is 23.2 Å². The van der Waals surface area contributed by atoms with E-state index in [1.807, 2.05) is 0 Å². The molecule has 0 unspecified atom stereocenters. The van der Waals surface area contributed by atoms with Gasteiger partial charge in [-0.2, -0.15) is 5.10 Å². The molecule has 0 radical (unpaired) electrons. The summed E-state index contributed by atoms with van der Waals surface area (Å²) in [5.41, 5.74) is 1.41. The molecular weight excluding hydrogens is 197 g/mol. The molecule has 2 aromatic rings. The summed E-state index contributed by atoms with van der Waals surface area (Å²) in [5, 5.41) is 4.92.